The van der Waals surface area contributed by atoms with E-state index in [9.17, 15) is 4.79 Å². The minimum Gasteiger partial charge on any atom is -0.325 e. The number of rotatable bonds is 5. The topological polar surface area (TPSA) is 44.4 Å². The van der Waals surface area contributed by atoms with Crippen molar-refractivity contribution in [2.24, 2.45) is 0 Å². The van der Waals surface area contributed by atoms with Crippen LogP contribution >= 0.6 is 24.8 Å². The molecule has 1 aliphatic heterocycles. The summed E-state index contributed by atoms with van der Waals surface area (Å²) >= 11 is 0. The van der Waals surface area contributed by atoms with E-state index in [4.69, 9.17) is 0 Å². The van der Waals surface area contributed by atoms with E-state index in [-0.39, 0.29) is 36.8 Å². The molecular weight excluding hydrogens is 309 g/mol. The molecule has 1 atom stereocenters. The van der Waals surface area contributed by atoms with Gasteiger partial charge in [0.15, 0.2) is 0 Å². The van der Waals surface area contributed by atoms with Gasteiger partial charge in [-0.25, -0.2) is 0 Å². The average molecular weight is 334 g/mol. The van der Waals surface area contributed by atoms with Crippen LogP contribution < -0.4 is 10.6 Å². The zero-order valence-electron chi connectivity index (χ0n) is 12.6. The van der Waals surface area contributed by atoms with Crippen LogP contribution in [0.1, 0.15) is 18.4 Å². The fourth-order valence-corrected chi connectivity index (χ4v) is 2.25. The molecule has 1 unspecified atom stereocenters. The number of likely N-dealkylation sites (N-methyl/N-ethyl adjacent to an activating group) is 1. The minimum absolute atomic E-state index is 0. The number of carbonyl (C=O) groups is 1. The van der Waals surface area contributed by atoms with Crippen molar-refractivity contribution >= 4 is 36.4 Å². The van der Waals surface area contributed by atoms with E-state index >= 15 is 0 Å². The summed E-state index contributed by atoms with van der Waals surface area (Å²) in [6.45, 7) is 1.99. The average Bonchev–Trinajstić information content (AvgIpc) is 2.92. The number of anilines is 1. The second kappa shape index (κ2) is 10.0. The number of nitrogens with one attached hydrogen (secondary N) is 2. The van der Waals surface area contributed by atoms with E-state index in [1.54, 1.807) is 0 Å². The predicted molar refractivity (Wildman–Crippen MR) is 92.9 cm³/mol. The molecule has 1 amide bonds. The normalized spacial score (nSPS) is 17.0. The Hall–Kier alpha value is -0.810. The van der Waals surface area contributed by atoms with Gasteiger partial charge in [-0.15, -0.1) is 24.8 Å². The number of nitrogens with zero attached hydrogens (tertiary/aromatic N) is 1. The summed E-state index contributed by atoms with van der Waals surface area (Å²) in [5.74, 6) is 0.0820. The molecule has 0 bridgehead atoms. The Morgan fingerprint density at radius 1 is 1.29 bits per heavy atom. The maximum atomic E-state index is 11.9. The van der Waals surface area contributed by atoms with Crippen molar-refractivity contribution in [2.75, 3.05) is 32.5 Å². The Labute approximate surface area is 139 Å². The highest BCUT2D eigenvalue weighted by atomic mass is 35.5. The molecule has 0 radical (unpaired) electrons. The van der Waals surface area contributed by atoms with Crippen molar-refractivity contribution in [3.8, 4) is 0 Å². The smallest absolute Gasteiger partial charge is 0.241 e. The highest BCUT2D eigenvalue weighted by molar-refractivity contribution is 5.95. The van der Waals surface area contributed by atoms with Crippen molar-refractivity contribution in [1.82, 2.24) is 10.2 Å². The van der Waals surface area contributed by atoms with Crippen LogP contribution in [-0.2, 0) is 11.2 Å². The van der Waals surface area contributed by atoms with Crippen LogP contribution in [0.4, 0.5) is 5.69 Å². The summed E-state index contributed by atoms with van der Waals surface area (Å²) in [6.07, 6.45) is 3.06. The number of benzene rings is 1. The van der Waals surface area contributed by atoms with Gasteiger partial charge >= 0.3 is 0 Å². The first-order valence-corrected chi connectivity index (χ1v) is 6.93. The van der Waals surface area contributed by atoms with Crippen molar-refractivity contribution in [3.05, 3.63) is 29.8 Å². The van der Waals surface area contributed by atoms with Gasteiger partial charge in [-0.05, 0) is 57.6 Å². The molecule has 6 heteroatoms. The van der Waals surface area contributed by atoms with Gasteiger partial charge in [0.25, 0.3) is 0 Å². The second-order valence-electron chi connectivity index (χ2n) is 5.39. The predicted octanol–water partition coefficient (Wildman–Crippen LogP) is 2.32. The molecule has 1 saturated heterocycles. The van der Waals surface area contributed by atoms with Crippen molar-refractivity contribution in [2.45, 2.75) is 25.3 Å². The minimum atomic E-state index is -0.0200. The fraction of sp³-hybridized carbons (Fsp3) is 0.533. The van der Waals surface area contributed by atoms with Crippen LogP contribution in [0.3, 0.4) is 0 Å². The molecule has 120 valence electrons. The number of halogens is 2. The number of amides is 1. The summed E-state index contributed by atoms with van der Waals surface area (Å²) in [5.41, 5.74) is 2.18. The van der Waals surface area contributed by atoms with Gasteiger partial charge < -0.3 is 15.5 Å². The Kier molecular flexibility index (Phi) is 9.62. The standard InChI is InChI=1S/C15H23N3O.2ClH/c1-18(2)11-9-12-5-7-13(8-6-12)17-15(19)14-4-3-10-16-14;;/h5-8,14,16H,3-4,9-11H2,1-2H3,(H,17,19);2*1H. The Bertz CT molecular complexity index is 417. The lowest BCUT2D eigenvalue weighted by molar-refractivity contribution is -0.117. The molecular formula is C15H25Cl2N3O. The fourth-order valence-electron chi connectivity index (χ4n) is 2.25. The highest BCUT2D eigenvalue weighted by Crippen LogP contribution is 2.13. The van der Waals surface area contributed by atoms with Gasteiger partial charge in [-0.1, -0.05) is 12.1 Å². The number of hydrogen-bond donors (Lipinski definition) is 2. The van der Waals surface area contributed by atoms with Gasteiger partial charge in [0, 0.05) is 12.2 Å². The third-order valence-electron chi connectivity index (χ3n) is 3.45. The third-order valence-corrected chi connectivity index (χ3v) is 3.45. The molecule has 1 aliphatic rings. The molecule has 1 heterocycles. The van der Waals surface area contributed by atoms with E-state index in [1.165, 1.54) is 5.56 Å². The van der Waals surface area contributed by atoms with Crippen molar-refractivity contribution < 1.29 is 4.79 Å². The SMILES string of the molecule is CN(C)CCc1ccc(NC(=O)C2CCCN2)cc1.Cl.Cl. The van der Waals surface area contributed by atoms with Crippen LogP contribution in [0.25, 0.3) is 0 Å². The first-order chi connectivity index (χ1) is 9.15. The van der Waals surface area contributed by atoms with Crippen LogP contribution in [-0.4, -0.2) is 44.0 Å². The summed E-state index contributed by atoms with van der Waals surface area (Å²) in [7, 11) is 4.15. The van der Waals surface area contributed by atoms with E-state index < -0.39 is 0 Å². The Balaban J connectivity index is 0.00000200. The van der Waals surface area contributed by atoms with Gasteiger partial charge in [0.1, 0.15) is 0 Å². The highest BCUT2D eigenvalue weighted by Gasteiger charge is 2.21. The van der Waals surface area contributed by atoms with Crippen LogP contribution in [0.2, 0.25) is 0 Å². The van der Waals surface area contributed by atoms with Crippen LogP contribution in [0, 0.1) is 0 Å². The van der Waals surface area contributed by atoms with Gasteiger partial charge in [0.05, 0.1) is 6.04 Å². The number of carbonyl (C=O) groups excluding carboxylic acids is 1. The van der Waals surface area contributed by atoms with Crippen molar-refractivity contribution in [3.63, 3.8) is 0 Å². The molecule has 0 spiro atoms. The van der Waals surface area contributed by atoms with E-state index in [0.717, 1.165) is 38.0 Å². The van der Waals surface area contributed by atoms with E-state index in [0.29, 0.717) is 0 Å². The second-order valence-corrected chi connectivity index (χ2v) is 5.39. The number of hydrogen-bond acceptors (Lipinski definition) is 3. The maximum absolute atomic E-state index is 11.9. The maximum Gasteiger partial charge on any atom is 0.241 e. The molecule has 0 saturated carbocycles. The summed E-state index contributed by atoms with van der Waals surface area (Å²) in [5, 5.41) is 6.17. The molecule has 2 N–H and O–H groups in total. The summed E-state index contributed by atoms with van der Waals surface area (Å²) in [4.78, 5) is 14.1. The quantitative estimate of drug-likeness (QED) is 0.869. The largest absolute Gasteiger partial charge is 0.325 e. The van der Waals surface area contributed by atoms with E-state index in [2.05, 4.69) is 41.8 Å². The van der Waals surface area contributed by atoms with Gasteiger partial charge in [-0.2, -0.15) is 0 Å². The molecule has 2 rings (SSSR count). The molecule has 0 aromatic heterocycles. The summed E-state index contributed by atoms with van der Waals surface area (Å²) < 4.78 is 0. The molecule has 21 heavy (non-hydrogen) atoms. The van der Waals surface area contributed by atoms with Crippen LogP contribution in [0.5, 0.6) is 0 Å². The monoisotopic (exact) mass is 333 g/mol. The lowest BCUT2D eigenvalue weighted by Crippen LogP contribution is -2.35. The Morgan fingerprint density at radius 2 is 1.95 bits per heavy atom. The van der Waals surface area contributed by atoms with Gasteiger partial charge in [0.2, 0.25) is 5.91 Å². The molecule has 1 aromatic carbocycles. The van der Waals surface area contributed by atoms with E-state index in [1.807, 2.05) is 12.1 Å². The lowest BCUT2D eigenvalue weighted by Gasteiger charge is -2.12. The van der Waals surface area contributed by atoms with Crippen molar-refractivity contribution in [1.29, 1.82) is 0 Å². The van der Waals surface area contributed by atoms with Crippen LogP contribution in [0.15, 0.2) is 24.3 Å². The zero-order chi connectivity index (χ0) is 13.7. The molecule has 1 aromatic rings. The first kappa shape index (κ1) is 20.2. The first-order valence-electron chi connectivity index (χ1n) is 6.93. The third kappa shape index (κ3) is 6.66. The molecule has 1 fully saturated rings. The van der Waals surface area contributed by atoms with Gasteiger partial charge in [-0.3, -0.25) is 4.79 Å². The lowest BCUT2D eigenvalue weighted by atomic mass is 10.1. The Morgan fingerprint density at radius 3 is 2.48 bits per heavy atom. The molecule has 0 aliphatic carbocycles. The summed E-state index contributed by atoms with van der Waals surface area (Å²) in [6, 6.07) is 8.12. The molecule has 4 nitrogen and oxygen atoms in total. The zero-order valence-corrected chi connectivity index (χ0v) is 14.2.